The minimum Gasteiger partial charge on any atom is -0.455 e. The average molecular weight is 377 g/mol. The predicted molar refractivity (Wildman–Crippen MR) is 96.4 cm³/mol. The molecule has 0 bridgehead atoms. The van der Waals surface area contributed by atoms with E-state index in [-0.39, 0.29) is 18.2 Å². The molecule has 0 atom stereocenters. The highest BCUT2D eigenvalue weighted by atomic mass is 32.2. The van der Waals surface area contributed by atoms with E-state index in [4.69, 9.17) is 4.74 Å². The van der Waals surface area contributed by atoms with E-state index in [1.54, 1.807) is 30.5 Å². The van der Waals surface area contributed by atoms with Gasteiger partial charge >= 0.3 is 5.97 Å². The van der Waals surface area contributed by atoms with Crippen molar-refractivity contribution in [2.75, 3.05) is 17.7 Å². The Kier molecular flexibility index (Phi) is 6.27. The molecule has 26 heavy (non-hydrogen) atoms. The van der Waals surface area contributed by atoms with Gasteiger partial charge in [-0.3, -0.25) is 9.59 Å². The molecule has 0 saturated heterocycles. The van der Waals surface area contributed by atoms with Gasteiger partial charge in [0.05, 0.1) is 18.0 Å². The van der Waals surface area contributed by atoms with Crippen LogP contribution in [0.1, 0.15) is 31.7 Å². The number of amides is 1. The summed E-state index contributed by atoms with van der Waals surface area (Å²) in [6.45, 7) is -0.382. The zero-order valence-corrected chi connectivity index (χ0v) is 15.0. The van der Waals surface area contributed by atoms with Gasteiger partial charge in [-0.15, -0.1) is 11.8 Å². The maximum atomic E-state index is 13.5. The summed E-state index contributed by atoms with van der Waals surface area (Å²) >= 11 is 1.04. The van der Waals surface area contributed by atoms with Crippen LogP contribution >= 0.6 is 11.8 Å². The summed E-state index contributed by atoms with van der Waals surface area (Å²) in [5, 5.41) is 7.00. The van der Waals surface area contributed by atoms with E-state index >= 15 is 0 Å². The first-order chi connectivity index (χ1) is 12.6. The molecule has 0 unspecified atom stereocenters. The number of aromatic nitrogens is 2. The first kappa shape index (κ1) is 18.4. The predicted octanol–water partition coefficient (Wildman–Crippen LogP) is 3.41. The quantitative estimate of drug-likeness (QED) is 0.591. The number of hydrogen-bond acceptors (Lipinski definition) is 5. The molecular weight excluding hydrogens is 357 g/mol. The molecule has 2 aromatic rings. The van der Waals surface area contributed by atoms with Gasteiger partial charge < -0.3 is 10.1 Å². The Hall–Kier alpha value is -2.35. The summed E-state index contributed by atoms with van der Waals surface area (Å²) in [6, 6.07) is 8.22. The van der Waals surface area contributed by atoms with Crippen molar-refractivity contribution in [3.8, 4) is 0 Å². The molecule has 8 heteroatoms. The fourth-order valence-electron chi connectivity index (χ4n) is 2.92. The van der Waals surface area contributed by atoms with Crippen LogP contribution in [0.5, 0.6) is 0 Å². The largest absolute Gasteiger partial charge is 0.455 e. The van der Waals surface area contributed by atoms with Crippen LogP contribution in [0.15, 0.2) is 41.4 Å². The van der Waals surface area contributed by atoms with Crippen LogP contribution in [0, 0.1) is 5.82 Å². The van der Waals surface area contributed by atoms with Gasteiger partial charge in [0.1, 0.15) is 11.6 Å². The second-order valence-electron chi connectivity index (χ2n) is 6.03. The summed E-state index contributed by atoms with van der Waals surface area (Å²) in [5.41, 5.74) is 0. The first-order valence-electron chi connectivity index (χ1n) is 8.50. The summed E-state index contributed by atoms with van der Waals surface area (Å²) in [4.78, 5) is 24.1. The lowest BCUT2D eigenvalue weighted by Crippen LogP contribution is -2.23. The van der Waals surface area contributed by atoms with E-state index in [0.717, 1.165) is 37.4 Å². The van der Waals surface area contributed by atoms with Gasteiger partial charge in [0, 0.05) is 11.0 Å². The molecule has 1 aliphatic rings. The summed E-state index contributed by atoms with van der Waals surface area (Å²) in [7, 11) is 0. The number of thioether (sulfide) groups is 1. The van der Waals surface area contributed by atoms with Gasteiger partial charge in [-0.25, -0.2) is 9.07 Å². The molecule has 1 heterocycles. The Labute approximate surface area is 155 Å². The molecule has 1 N–H and O–H groups in total. The highest BCUT2D eigenvalue weighted by molar-refractivity contribution is 8.00. The number of nitrogens with zero attached hydrogens (tertiary/aromatic N) is 2. The van der Waals surface area contributed by atoms with Crippen molar-refractivity contribution in [1.29, 1.82) is 0 Å². The number of benzene rings is 1. The number of rotatable bonds is 7. The topological polar surface area (TPSA) is 73.2 Å². The molecule has 1 saturated carbocycles. The second kappa shape index (κ2) is 8.84. The van der Waals surface area contributed by atoms with E-state index in [0.29, 0.717) is 16.8 Å². The van der Waals surface area contributed by atoms with Gasteiger partial charge in [0.15, 0.2) is 6.61 Å². The Morgan fingerprint density at radius 2 is 2.04 bits per heavy atom. The Morgan fingerprint density at radius 3 is 2.81 bits per heavy atom. The molecule has 1 aliphatic carbocycles. The number of nitrogens with one attached hydrogen (secondary N) is 1. The number of esters is 1. The van der Waals surface area contributed by atoms with Crippen molar-refractivity contribution in [1.82, 2.24) is 9.78 Å². The molecule has 1 aromatic carbocycles. The number of ether oxygens (including phenoxy) is 1. The van der Waals surface area contributed by atoms with E-state index in [9.17, 15) is 14.0 Å². The molecule has 0 spiro atoms. The maximum Gasteiger partial charge on any atom is 0.316 e. The molecule has 3 rings (SSSR count). The summed E-state index contributed by atoms with van der Waals surface area (Å²) < 4.78 is 20.3. The molecule has 0 aliphatic heterocycles. The van der Waals surface area contributed by atoms with Crippen LogP contribution < -0.4 is 5.32 Å². The minimum absolute atomic E-state index is 0.0613. The second-order valence-corrected chi connectivity index (χ2v) is 7.04. The Balaban J connectivity index is 1.43. The van der Waals surface area contributed by atoms with Crippen molar-refractivity contribution < 1.29 is 18.7 Å². The van der Waals surface area contributed by atoms with E-state index in [1.807, 2.05) is 4.68 Å². The fourth-order valence-corrected chi connectivity index (χ4v) is 3.66. The molecule has 1 aromatic heterocycles. The molecule has 1 fully saturated rings. The van der Waals surface area contributed by atoms with Crippen LogP contribution in [0.4, 0.5) is 10.2 Å². The molecule has 138 valence electrons. The molecular formula is C18H20FN3O3S. The zero-order chi connectivity index (χ0) is 18.4. The van der Waals surface area contributed by atoms with E-state index in [1.165, 1.54) is 6.07 Å². The van der Waals surface area contributed by atoms with Gasteiger partial charge in [-0.1, -0.05) is 25.0 Å². The maximum absolute atomic E-state index is 13.5. The lowest BCUT2D eigenvalue weighted by Gasteiger charge is -2.14. The third-order valence-electron chi connectivity index (χ3n) is 4.15. The third kappa shape index (κ3) is 4.85. The minimum atomic E-state index is -0.572. The normalized spacial score (nSPS) is 14.3. The highest BCUT2D eigenvalue weighted by Gasteiger charge is 2.20. The third-order valence-corrected chi connectivity index (χ3v) is 5.18. The van der Waals surface area contributed by atoms with Crippen molar-refractivity contribution in [3.05, 3.63) is 42.3 Å². The Morgan fingerprint density at radius 1 is 1.27 bits per heavy atom. The van der Waals surface area contributed by atoms with Crippen LogP contribution in [0.2, 0.25) is 0 Å². The van der Waals surface area contributed by atoms with Crippen molar-refractivity contribution in [2.45, 2.75) is 36.6 Å². The van der Waals surface area contributed by atoms with E-state index < -0.39 is 11.9 Å². The van der Waals surface area contributed by atoms with Gasteiger partial charge in [-0.2, -0.15) is 5.10 Å². The lowest BCUT2D eigenvalue weighted by atomic mass is 10.2. The highest BCUT2D eigenvalue weighted by Crippen LogP contribution is 2.31. The van der Waals surface area contributed by atoms with E-state index in [2.05, 4.69) is 10.4 Å². The standard InChI is InChI=1S/C18H20FN3O3S/c19-14-7-3-4-8-15(14)26-12-18(24)25-11-17(23)21-16-9-10-20-22(16)13-5-1-2-6-13/h3-4,7-10,13H,1-2,5-6,11-12H2,(H,21,23). The fraction of sp³-hybridized carbons (Fsp3) is 0.389. The first-order valence-corrected chi connectivity index (χ1v) is 9.48. The number of carbonyl (C=O) groups excluding carboxylic acids is 2. The van der Waals surface area contributed by atoms with Gasteiger partial charge in [0.25, 0.3) is 5.91 Å². The molecule has 6 nitrogen and oxygen atoms in total. The van der Waals surface area contributed by atoms with Crippen LogP contribution in [-0.4, -0.2) is 34.0 Å². The molecule has 0 radical (unpaired) electrons. The lowest BCUT2D eigenvalue weighted by molar-refractivity contribution is -0.144. The zero-order valence-electron chi connectivity index (χ0n) is 14.2. The van der Waals surface area contributed by atoms with Crippen molar-refractivity contribution >= 4 is 29.5 Å². The summed E-state index contributed by atoms with van der Waals surface area (Å²) in [6.07, 6.45) is 6.06. The SMILES string of the molecule is O=C(COC(=O)CSc1ccccc1F)Nc1ccnn1C1CCCC1. The van der Waals surface area contributed by atoms with Crippen LogP contribution in [0.3, 0.4) is 0 Å². The van der Waals surface area contributed by atoms with Crippen LogP contribution in [-0.2, 0) is 14.3 Å². The van der Waals surface area contributed by atoms with Gasteiger partial charge in [0.2, 0.25) is 0 Å². The van der Waals surface area contributed by atoms with Crippen LogP contribution in [0.25, 0.3) is 0 Å². The van der Waals surface area contributed by atoms with Gasteiger partial charge in [-0.05, 0) is 25.0 Å². The smallest absolute Gasteiger partial charge is 0.316 e. The number of anilines is 1. The molecule has 1 amide bonds. The van der Waals surface area contributed by atoms with Crippen molar-refractivity contribution in [3.63, 3.8) is 0 Å². The average Bonchev–Trinajstić information content (AvgIpc) is 3.30. The van der Waals surface area contributed by atoms with Crippen molar-refractivity contribution in [2.24, 2.45) is 0 Å². The number of halogens is 1. The summed E-state index contributed by atoms with van der Waals surface area (Å²) in [5.74, 6) is -0.831. The number of carbonyl (C=O) groups is 2. The number of hydrogen-bond donors (Lipinski definition) is 1. The Bertz CT molecular complexity index is 775. The monoisotopic (exact) mass is 377 g/mol.